The SMILES string of the molecule is CCCN(CC1CCCNC1)S(=O)(=O)c1cnc(C)[nH]1. The van der Waals surface area contributed by atoms with Crippen molar-refractivity contribution in [3.63, 3.8) is 0 Å². The average Bonchev–Trinajstić information content (AvgIpc) is 2.87. The molecule has 1 aromatic rings. The van der Waals surface area contributed by atoms with E-state index < -0.39 is 10.0 Å². The maximum absolute atomic E-state index is 12.6. The topological polar surface area (TPSA) is 78.1 Å². The summed E-state index contributed by atoms with van der Waals surface area (Å²) in [6, 6.07) is 0. The van der Waals surface area contributed by atoms with Crippen molar-refractivity contribution < 1.29 is 8.42 Å². The Kier molecular flexibility index (Phi) is 5.17. The number of hydrogen-bond acceptors (Lipinski definition) is 4. The third kappa shape index (κ3) is 3.59. The van der Waals surface area contributed by atoms with E-state index in [0.29, 0.717) is 24.8 Å². The number of imidazole rings is 1. The zero-order valence-corrected chi connectivity index (χ0v) is 13.0. The predicted molar refractivity (Wildman–Crippen MR) is 78.0 cm³/mol. The van der Waals surface area contributed by atoms with Crippen LogP contribution in [0.5, 0.6) is 0 Å². The van der Waals surface area contributed by atoms with Crippen LogP contribution < -0.4 is 5.32 Å². The number of nitrogens with zero attached hydrogens (tertiary/aromatic N) is 2. The van der Waals surface area contributed by atoms with Gasteiger partial charge >= 0.3 is 0 Å². The molecular weight excluding hydrogens is 276 g/mol. The molecule has 6 nitrogen and oxygen atoms in total. The summed E-state index contributed by atoms with van der Waals surface area (Å²) in [5.74, 6) is 1.02. The minimum Gasteiger partial charge on any atom is -0.332 e. The quantitative estimate of drug-likeness (QED) is 0.825. The molecule has 0 aliphatic carbocycles. The van der Waals surface area contributed by atoms with E-state index in [1.807, 2.05) is 6.92 Å². The normalized spacial score (nSPS) is 20.4. The summed E-state index contributed by atoms with van der Waals surface area (Å²) in [5.41, 5.74) is 0. The van der Waals surface area contributed by atoms with E-state index >= 15 is 0 Å². The summed E-state index contributed by atoms with van der Waals surface area (Å²) < 4.78 is 26.9. The van der Waals surface area contributed by atoms with Gasteiger partial charge in [-0.05, 0) is 45.2 Å². The highest BCUT2D eigenvalue weighted by Crippen LogP contribution is 2.19. The minimum atomic E-state index is -3.45. The Bertz CT molecular complexity index is 520. The molecule has 1 fully saturated rings. The molecule has 20 heavy (non-hydrogen) atoms. The van der Waals surface area contributed by atoms with Crippen molar-refractivity contribution in [1.29, 1.82) is 0 Å². The fourth-order valence-corrected chi connectivity index (χ4v) is 4.17. The van der Waals surface area contributed by atoms with Crippen LogP contribution in [-0.2, 0) is 10.0 Å². The van der Waals surface area contributed by atoms with Gasteiger partial charge in [-0.3, -0.25) is 0 Å². The maximum Gasteiger partial charge on any atom is 0.260 e. The first-order valence-electron chi connectivity index (χ1n) is 7.26. The Morgan fingerprint density at radius 1 is 1.50 bits per heavy atom. The van der Waals surface area contributed by atoms with E-state index in [9.17, 15) is 8.42 Å². The second-order valence-corrected chi connectivity index (χ2v) is 7.31. The fraction of sp³-hybridized carbons (Fsp3) is 0.769. The van der Waals surface area contributed by atoms with Crippen LogP contribution in [0.3, 0.4) is 0 Å². The molecule has 114 valence electrons. The number of hydrogen-bond donors (Lipinski definition) is 2. The van der Waals surface area contributed by atoms with Gasteiger partial charge < -0.3 is 10.3 Å². The third-order valence-electron chi connectivity index (χ3n) is 3.63. The highest BCUT2D eigenvalue weighted by atomic mass is 32.2. The van der Waals surface area contributed by atoms with E-state index in [1.165, 1.54) is 6.20 Å². The van der Waals surface area contributed by atoms with E-state index in [-0.39, 0.29) is 5.03 Å². The molecule has 0 saturated carbocycles. The van der Waals surface area contributed by atoms with Gasteiger partial charge in [0, 0.05) is 13.1 Å². The molecule has 0 bridgehead atoms. The number of aromatic nitrogens is 2. The Morgan fingerprint density at radius 2 is 2.30 bits per heavy atom. The van der Waals surface area contributed by atoms with E-state index in [1.54, 1.807) is 11.2 Å². The summed E-state index contributed by atoms with van der Waals surface area (Å²) in [7, 11) is -3.45. The van der Waals surface area contributed by atoms with Gasteiger partial charge in [0.25, 0.3) is 10.0 Å². The highest BCUT2D eigenvalue weighted by Gasteiger charge is 2.28. The van der Waals surface area contributed by atoms with Crippen LogP contribution in [0.25, 0.3) is 0 Å². The molecule has 1 atom stereocenters. The number of rotatable bonds is 6. The lowest BCUT2D eigenvalue weighted by Gasteiger charge is -2.29. The molecule has 1 aliphatic rings. The van der Waals surface area contributed by atoms with Crippen molar-refractivity contribution in [2.75, 3.05) is 26.2 Å². The lowest BCUT2D eigenvalue weighted by Crippen LogP contribution is -2.41. The van der Waals surface area contributed by atoms with Crippen LogP contribution in [0.1, 0.15) is 32.0 Å². The molecule has 1 aliphatic heterocycles. The molecule has 0 radical (unpaired) electrons. The fourth-order valence-electron chi connectivity index (χ4n) is 2.60. The number of sulfonamides is 1. The van der Waals surface area contributed by atoms with E-state index in [4.69, 9.17) is 0 Å². The summed E-state index contributed by atoms with van der Waals surface area (Å²) in [6.45, 7) is 6.83. The first-order valence-corrected chi connectivity index (χ1v) is 8.70. The zero-order valence-electron chi connectivity index (χ0n) is 12.2. The predicted octanol–water partition coefficient (Wildman–Crippen LogP) is 1.12. The average molecular weight is 300 g/mol. The van der Waals surface area contributed by atoms with Gasteiger partial charge in [0.1, 0.15) is 5.82 Å². The van der Waals surface area contributed by atoms with Gasteiger partial charge in [0.15, 0.2) is 5.03 Å². The molecule has 0 aromatic carbocycles. The minimum absolute atomic E-state index is 0.201. The van der Waals surface area contributed by atoms with E-state index in [0.717, 1.165) is 32.4 Å². The first-order chi connectivity index (χ1) is 9.54. The third-order valence-corrected chi connectivity index (χ3v) is 5.41. The second-order valence-electron chi connectivity index (χ2n) is 5.41. The van der Waals surface area contributed by atoms with Crippen LogP contribution >= 0.6 is 0 Å². The van der Waals surface area contributed by atoms with Gasteiger partial charge in [-0.1, -0.05) is 6.92 Å². The van der Waals surface area contributed by atoms with Gasteiger partial charge in [0.05, 0.1) is 6.20 Å². The number of H-pyrrole nitrogens is 1. The Labute approximate surface area is 121 Å². The van der Waals surface area contributed by atoms with Crippen molar-refractivity contribution in [1.82, 2.24) is 19.6 Å². The van der Waals surface area contributed by atoms with Gasteiger partial charge in [-0.2, -0.15) is 4.31 Å². The first kappa shape index (κ1) is 15.5. The van der Waals surface area contributed by atoms with Crippen molar-refractivity contribution in [2.24, 2.45) is 5.92 Å². The summed E-state index contributed by atoms with van der Waals surface area (Å²) in [4.78, 5) is 6.83. The number of aryl methyl sites for hydroxylation is 1. The smallest absolute Gasteiger partial charge is 0.260 e. The summed E-state index contributed by atoms with van der Waals surface area (Å²) in [6.07, 6.45) is 4.43. The van der Waals surface area contributed by atoms with Crippen LogP contribution in [0.15, 0.2) is 11.2 Å². The largest absolute Gasteiger partial charge is 0.332 e. The molecule has 0 spiro atoms. The van der Waals surface area contributed by atoms with Crippen molar-refractivity contribution in [2.45, 2.75) is 38.1 Å². The van der Waals surface area contributed by atoms with Crippen LogP contribution in [-0.4, -0.2) is 48.9 Å². The van der Waals surface area contributed by atoms with Crippen LogP contribution in [0.4, 0.5) is 0 Å². The highest BCUT2D eigenvalue weighted by molar-refractivity contribution is 7.89. The molecular formula is C13H24N4O2S. The molecule has 0 amide bonds. The molecule has 2 N–H and O–H groups in total. The van der Waals surface area contributed by atoms with Gasteiger partial charge in [-0.15, -0.1) is 0 Å². The molecule has 2 heterocycles. The van der Waals surface area contributed by atoms with E-state index in [2.05, 4.69) is 15.3 Å². The number of aromatic amines is 1. The van der Waals surface area contributed by atoms with Crippen molar-refractivity contribution in [3.05, 3.63) is 12.0 Å². The Morgan fingerprint density at radius 3 is 2.85 bits per heavy atom. The number of piperidine rings is 1. The Balaban J connectivity index is 2.14. The monoisotopic (exact) mass is 300 g/mol. The van der Waals surface area contributed by atoms with Crippen LogP contribution in [0, 0.1) is 12.8 Å². The van der Waals surface area contributed by atoms with Crippen LogP contribution in [0.2, 0.25) is 0 Å². The molecule has 1 aromatic heterocycles. The summed E-state index contributed by atoms with van der Waals surface area (Å²) in [5, 5.41) is 3.54. The second kappa shape index (κ2) is 6.69. The summed E-state index contributed by atoms with van der Waals surface area (Å²) >= 11 is 0. The lowest BCUT2D eigenvalue weighted by atomic mass is 10.00. The standard InChI is InChI=1S/C13H24N4O2S/c1-3-7-17(10-12-5-4-6-14-8-12)20(18,19)13-9-15-11(2)16-13/h9,12,14H,3-8,10H2,1-2H3,(H,15,16). The molecule has 2 rings (SSSR count). The zero-order chi connectivity index (χ0) is 14.6. The maximum atomic E-state index is 12.6. The number of nitrogens with one attached hydrogen (secondary N) is 2. The molecule has 7 heteroatoms. The lowest BCUT2D eigenvalue weighted by molar-refractivity contribution is 0.291. The van der Waals surface area contributed by atoms with Crippen molar-refractivity contribution >= 4 is 10.0 Å². The molecule has 1 unspecified atom stereocenters. The van der Waals surface area contributed by atoms with Crippen molar-refractivity contribution in [3.8, 4) is 0 Å². The molecule has 1 saturated heterocycles. The van der Waals surface area contributed by atoms with Gasteiger partial charge in [-0.25, -0.2) is 13.4 Å². The van der Waals surface area contributed by atoms with Gasteiger partial charge in [0.2, 0.25) is 0 Å². The Hall–Kier alpha value is -0.920.